The van der Waals surface area contributed by atoms with Crippen LogP contribution in [-0.4, -0.2) is 26.6 Å². The van der Waals surface area contributed by atoms with Gasteiger partial charge in [-0.3, -0.25) is 4.79 Å². The summed E-state index contributed by atoms with van der Waals surface area (Å²) in [5, 5.41) is 2.74. The van der Waals surface area contributed by atoms with Crippen LogP contribution in [0.15, 0.2) is 35.2 Å². The van der Waals surface area contributed by atoms with Gasteiger partial charge in [-0.15, -0.1) is 0 Å². The Bertz CT molecular complexity index is 483. The monoisotopic (exact) mass is 283 g/mol. The summed E-state index contributed by atoms with van der Waals surface area (Å²) in [5.74, 6) is 0.0596. The molecular formula is C14H21NO3S. The third-order valence-corrected chi connectivity index (χ3v) is 4.59. The minimum absolute atomic E-state index is 0.000964. The van der Waals surface area contributed by atoms with Crippen LogP contribution in [0, 0.1) is 0 Å². The van der Waals surface area contributed by atoms with E-state index in [2.05, 4.69) is 5.32 Å². The van der Waals surface area contributed by atoms with E-state index >= 15 is 0 Å². The van der Waals surface area contributed by atoms with Gasteiger partial charge in [0.1, 0.15) is 0 Å². The van der Waals surface area contributed by atoms with Crippen LogP contribution >= 0.6 is 0 Å². The summed E-state index contributed by atoms with van der Waals surface area (Å²) in [4.78, 5) is 11.7. The van der Waals surface area contributed by atoms with Crippen molar-refractivity contribution in [3.63, 3.8) is 0 Å². The van der Waals surface area contributed by atoms with E-state index in [0.29, 0.717) is 24.3 Å². The van der Waals surface area contributed by atoms with E-state index in [4.69, 9.17) is 0 Å². The third-order valence-electron chi connectivity index (χ3n) is 2.77. The molecule has 0 aliphatic heterocycles. The molecule has 0 unspecified atom stereocenters. The van der Waals surface area contributed by atoms with E-state index in [1.807, 2.05) is 6.92 Å². The minimum atomic E-state index is -3.23. The van der Waals surface area contributed by atoms with Gasteiger partial charge in [-0.2, -0.15) is 0 Å². The maximum absolute atomic E-state index is 11.9. The zero-order chi connectivity index (χ0) is 14.1. The second-order valence-corrected chi connectivity index (χ2v) is 6.55. The molecule has 0 radical (unpaired) electrons. The lowest BCUT2D eigenvalue weighted by Gasteiger charge is -2.06. The van der Waals surface area contributed by atoms with Crippen molar-refractivity contribution >= 4 is 15.7 Å². The number of rotatable bonds is 8. The van der Waals surface area contributed by atoms with E-state index in [-0.39, 0.29) is 11.7 Å². The fourth-order valence-electron chi connectivity index (χ4n) is 1.66. The summed E-state index contributed by atoms with van der Waals surface area (Å²) in [5.41, 5.74) is 0. The molecule has 0 aliphatic carbocycles. The number of hydrogen-bond donors (Lipinski definition) is 1. The number of hydrogen-bond acceptors (Lipinski definition) is 3. The zero-order valence-electron chi connectivity index (χ0n) is 11.3. The van der Waals surface area contributed by atoms with Gasteiger partial charge < -0.3 is 5.32 Å². The highest BCUT2D eigenvalue weighted by Gasteiger charge is 2.13. The van der Waals surface area contributed by atoms with Crippen molar-refractivity contribution in [3.8, 4) is 0 Å². The first-order valence-electron chi connectivity index (χ1n) is 6.61. The number of amides is 1. The molecular weight excluding hydrogens is 262 g/mol. The van der Waals surface area contributed by atoms with Gasteiger partial charge in [-0.25, -0.2) is 8.42 Å². The van der Waals surface area contributed by atoms with E-state index in [1.165, 1.54) is 0 Å². The van der Waals surface area contributed by atoms with Crippen molar-refractivity contribution in [2.75, 3.05) is 12.3 Å². The summed E-state index contributed by atoms with van der Waals surface area (Å²) in [7, 11) is -3.23. The standard InChI is InChI=1S/C14H21NO3S/c1-2-3-10-14(16)15-11-7-12-19(17,18)13-8-5-4-6-9-13/h4-6,8-9H,2-3,7,10-12H2,1H3,(H,15,16). The SMILES string of the molecule is CCCCC(=O)NCCCS(=O)(=O)c1ccccc1. The van der Waals surface area contributed by atoms with Gasteiger partial charge in [0.15, 0.2) is 9.84 Å². The predicted molar refractivity (Wildman–Crippen MR) is 75.6 cm³/mol. The maximum atomic E-state index is 11.9. The van der Waals surface area contributed by atoms with Gasteiger partial charge >= 0.3 is 0 Å². The van der Waals surface area contributed by atoms with Crippen molar-refractivity contribution in [2.24, 2.45) is 0 Å². The molecule has 0 bridgehead atoms. The number of unbranched alkanes of at least 4 members (excludes halogenated alkanes) is 1. The lowest BCUT2D eigenvalue weighted by atomic mass is 10.2. The van der Waals surface area contributed by atoms with Gasteiger partial charge in [0.25, 0.3) is 0 Å². The van der Waals surface area contributed by atoms with E-state index in [1.54, 1.807) is 30.3 Å². The van der Waals surface area contributed by atoms with E-state index < -0.39 is 9.84 Å². The number of sulfone groups is 1. The summed E-state index contributed by atoms with van der Waals surface area (Å²) in [6, 6.07) is 8.39. The quantitative estimate of drug-likeness (QED) is 0.744. The number of benzene rings is 1. The largest absolute Gasteiger partial charge is 0.356 e. The Balaban J connectivity index is 2.31. The molecule has 0 heterocycles. The lowest BCUT2D eigenvalue weighted by Crippen LogP contribution is -2.25. The molecule has 0 spiro atoms. The molecule has 0 aromatic heterocycles. The predicted octanol–water partition coefficient (Wildman–Crippen LogP) is 2.16. The molecule has 0 fully saturated rings. The minimum Gasteiger partial charge on any atom is -0.356 e. The molecule has 0 saturated carbocycles. The molecule has 4 nitrogen and oxygen atoms in total. The summed E-state index contributed by atoms with van der Waals surface area (Å²) in [6.07, 6.45) is 2.81. The molecule has 19 heavy (non-hydrogen) atoms. The summed E-state index contributed by atoms with van der Waals surface area (Å²) >= 11 is 0. The van der Waals surface area contributed by atoms with Crippen LogP contribution in [0.1, 0.15) is 32.6 Å². The van der Waals surface area contributed by atoms with Gasteiger partial charge in [-0.1, -0.05) is 31.5 Å². The zero-order valence-corrected chi connectivity index (χ0v) is 12.1. The Hall–Kier alpha value is -1.36. The highest BCUT2D eigenvalue weighted by atomic mass is 32.2. The van der Waals surface area contributed by atoms with Crippen LogP contribution in [0.3, 0.4) is 0 Å². The van der Waals surface area contributed by atoms with Gasteiger partial charge in [0.05, 0.1) is 10.6 Å². The molecule has 1 rings (SSSR count). The second kappa shape index (κ2) is 7.94. The Kier molecular flexibility index (Phi) is 6.56. The van der Waals surface area contributed by atoms with E-state index in [9.17, 15) is 13.2 Å². The van der Waals surface area contributed by atoms with Gasteiger partial charge in [0, 0.05) is 13.0 Å². The normalized spacial score (nSPS) is 11.2. The average Bonchev–Trinajstić information content (AvgIpc) is 2.42. The molecule has 5 heteroatoms. The summed E-state index contributed by atoms with van der Waals surface area (Å²) in [6.45, 7) is 2.44. The van der Waals surface area contributed by atoms with Crippen LogP contribution in [0.2, 0.25) is 0 Å². The molecule has 1 aromatic carbocycles. The molecule has 1 aromatic rings. The lowest BCUT2D eigenvalue weighted by molar-refractivity contribution is -0.121. The van der Waals surface area contributed by atoms with Crippen LogP contribution in [0.5, 0.6) is 0 Å². The first-order valence-corrected chi connectivity index (χ1v) is 8.26. The molecule has 1 amide bonds. The van der Waals surface area contributed by atoms with Crippen molar-refractivity contribution in [3.05, 3.63) is 30.3 Å². The third kappa shape index (κ3) is 5.87. The highest BCUT2D eigenvalue weighted by molar-refractivity contribution is 7.91. The number of carbonyl (C=O) groups excluding carboxylic acids is 1. The maximum Gasteiger partial charge on any atom is 0.219 e. The van der Waals surface area contributed by atoms with Crippen LogP contribution < -0.4 is 5.32 Å². The van der Waals surface area contributed by atoms with Gasteiger partial charge in [-0.05, 0) is 25.0 Å². The number of carbonyl (C=O) groups is 1. The Morgan fingerprint density at radius 1 is 1.16 bits per heavy atom. The Morgan fingerprint density at radius 3 is 2.47 bits per heavy atom. The first kappa shape index (κ1) is 15.7. The molecule has 0 atom stereocenters. The molecule has 0 saturated heterocycles. The Labute approximate surface area is 115 Å². The van der Waals surface area contributed by atoms with Crippen molar-refractivity contribution in [1.82, 2.24) is 5.32 Å². The molecule has 0 aliphatic rings. The van der Waals surface area contributed by atoms with Crippen molar-refractivity contribution < 1.29 is 13.2 Å². The first-order chi connectivity index (χ1) is 9.06. The van der Waals surface area contributed by atoms with Crippen LogP contribution in [0.4, 0.5) is 0 Å². The van der Waals surface area contributed by atoms with Crippen molar-refractivity contribution in [1.29, 1.82) is 0 Å². The van der Waals surface area contributed by atoms with Gasteiger partial charge in [0.2, 0.25) is 5.91 Å². The highest BCUT2D eigenvalue weighted by Crippen LogP contribution is 2.10. The fraction of sp³-hybridized carbons (Fsp3) is 0.500. The molecule has 106 valence electrons. The van der Waals surface area contributed by atoms with Crippen LogP contribution in [0.25, 0.3) is 0 Å². The topological polar surface area (TPSA) is 63.2 Å². The van der Waals surface area contributed by atoms with E-state index in [0.717, 1.165) is 12.8 Å². The fourth-order valence-corrected chi connectivity index (χ4v) is 2.99. The summed E-state index contributed by atoms with van der Waals surface area (Å²) < 4.78 is 23.9. The number of nitrogens with one attached hydrogen (secondary N) is 1. The smallest absolute Gasteiger partial charge is 0.219 e. The Morgan fingerprint density at radius 2 is 1.84 bits per heavy atom. The average molecular weight is 283 g/mol. The van der Waals surface area contributed by atoms with Crippen LogP contribution in [-0.2, 0) is 14.6 Å². The second-order valence-electron chi connectivity index (χ2n) is 4.44. The molecule has 1 N–H and O–H groups in total. The van der Waals surface area contributed by atoms with Crippen molar-refractivity contribution in [2.45, 2.75) is 37.5 Å².